The van der Waals surface area contributed by atoms with Crippen LogP contribution in [0.5, 0.6) is 0 Å². The van der Waals surface area contributed by atoms with Crippen LogP contribution >= 0.6 is 0 Å². The van der Waals surface area contributed by atoms with E-state index in [1.54, 1.807) is 56.3 Å². The molecule has 0 radical (unpaired) electrons. The van der Waals surface area contributed by atoms with Crippen molar-refractivity contribution in [1.82, 2.24) is 9.55 Å². The Labute approximate surface area is 218 Å². The van der Waals surface area contributed by atoms with E-state index in [1.807, 2.05) is 30.3 Å². The van der Waals surface area contributed by atoms with Gasteiger partial charge in [0.1, 0.15) is 25.2 Å². The number of aromatic nitrogens is 2. The Morgan fingerprint density at radius 3 is 2.26 bits per heavy atom. The lowest BCUT2D eigenvalue weighted by molar-refractivity contribution is -0.392. The van der Waals surface area contributed by atoms with Crippen LogP contribution < -0.4 is 0 Å². The summed E-state index contributed by atoms with van der Waals surface area (Å²) in [7, 11) is 0. The van der Waals surface area contributed by atoms with Crippen molar-refractivity contribution in [3.05, 3.63) is 118 Å². The van der Waals surface area contributed by atoms with Crippen LogP contribution in [0.4, 0.5) is 10.2 Å². The molecule has 0 aliphatic carbocycles. The molecule has 0 bridgehead atoms. The molecule has 0 aliphatic rings. The summed E-state index contributed by atoms with van der Waals surface area (Å²) in [5.41, 5.74) is 2.04. The molecule has 1 atom stereocenters. The number of benzene rings is 3. The molecule has 10 heteroatoms. The number of aromatic carboxylic acids is 1. The van der Waals surface area contributed by atoms with Gasteiger partial charge in [-0.15, -0.1) is 0 Å². The number of halogens is 1. The minimum Gasteiger partial charge on any atom is -0.478 e. The summed E-state index contributed by atoms with van der Waals surface area (Å²) in [4.78, 5) is 36.9. The summed E-state index contributed by atoms with van der Waals surface area (Å²) in [6, 6.07) is 22.1. The van der Waals surface area contributed by atoms with Crippen molar-refractivity contribution in [3.63, 3.8) is 0 Å². The zero-order valence-corrected chi connectivity index (χ0v) is 20.8. The second-order valence-corrected chi connectivity index (χ2v) is 8.24. The molecule has 0 amide bonds. The van der Waals surface area contributed by atoms with E-state index >= 15 is 0 Å². The molecule has 1 aromatic heterocycles. The SMILES string of the molecule is Cc1ncc([N+](=O)[O-])n1CCOC(=O)[C@@H](C)c1ccc(-c2ccccc2)c(F)c1.O=C(O)c1ccccc1. The van der Waals surface area contributed by atoms with Gasteiger partial charge in [-0.25, -0.2) is 18.7 Å². The number of carbonyl (C=O) groups excluding carboxylic acids is 1. The molecule has 196 valence electrons. The fourth-order valence-electron chi connectivity index (χ4n) is 3.61. The van der Waals surface area contributed by atoms with Gasteiger partial charge in [0.05, 0.1) is 11.5 Å². The Hall–Kier alpha value is -4.86. The largest absolute Gasteiger partial charge is 0.478 e. The number of ether oxygens (including phenoxy) is 1. The van der Waals surface area contributed by atoms with Gasteiger partial charge in [-0.05, 0) is 41.2 Å². The van der Waals surface area contributed by atoms with Crippen LogP contribution in [0.2, 0.25) is 0 Å². The van der Waals surface area contributed by atoms with Crippen LogP contribution in [0, 0.1) is 22.9 Å². The third-order valence-corrected chi connectivity index (χ3v) is 5.73. The highest BCUT2D eigenvalue weighted by Gasteiger charge is 2.21. The molecule has 1 heterocycles. The molecular weight excluding hydrogens is 493 g/mol. The van der Waals surface area contributed by atoms with Crippen LogP contribution in [-0.2, 0) is 16.1 Å². The Morgan fingerprint density at radius 1 is 1.08 bits per heavy atom. The lowest BCUT2D eigenvalue weighted by Gasteiger charge is -2.13. The number of nitro groups is 1. The van der Waals surface area contributed by atoms with Gasteiger partial charge >= 0.3 is 17.8 Å². The highest BCUT2D eigenvalue weighted by molar-refractivity contribution is 5.87. The zero-order chi connectivity index (χ0) is 27.7. The van der Waals surface area contributed by atoms with E-state index < -0.39 is 28.6 Å². The van der Waals surface area contributed by atoms with Crippen LogP contribution in [0.15, 0.2) is 85.1 Å². The maximum absolute atomic E-state index is 14.5. The van der Waals surface area contributed by atoms with E-state index in [0.717, 1.165) is 11.8 Å². The molecule has 0 spiro atoms. The smallest absolute Gasteiger partial charge is 0.342 e. The average molecular weight is 520 g/mol. The molecule has 0 fully saturated rings. The molecular formula is C28H26FN3O6. The number of hydrogen-bond acceptors (Lipinski definition) is 6. The van der Waals surface area contributed by atoms with Crippen LogP contribution in [-0.4, -0.2) is 38.1 Å². The molecule has 0 aliphatic heterocycles. The number of carboxylic acids is 1. The number of rotatable bonds is 8. The first-order valence-electron chi connectivity index (χ1n) is 11.7. The lowest BCUT2D eigenvalue weighted by Crippen LogP contribution is -2.17. The topological polar surface area (TPSA) is 125 Å². The third kappa shape index (κ3) is 7.10. The average Bonchev–Trinajstić information content (AvgIpc) is 3.29. The molecule has 3 aromatic carbocycles. The minimum absolute atomic E-state index is 0.0498. The zero-order valence-electron chi connectivity index (χ0n) is 20.8. The number of imidazole rings is 1. The van der Waals surface area contributed by atoms with Crippen molar-refractivity contribution in [2.24, 2.45) is 0 Å². The second-order valence-electron chi connectivity index (χ2n) is 8.24. The molecule has 4 aromatic rings. The number of aryl methyl sites for hydroxylation is 1. The molecule has 0 saturated heterocycles. The monoisotopic (exact) mass is 519 g/mol. The molecule has 4 rings (SSSR count). The first-order valence-corrected chi connectivity index (χ1v) is 11.7. The van der Waals surface area contributed by atoms with Crippen LogP contribution in [0.25, 0.3) is 11.1 Å². The number of nitrogens with zero attached hydrogens (tertiary/aromatic N) is 3. The number of esters is 1. The summed E-state index contributed by atoms with van der Waals surface area (Å²) in [6.07, 6.45) is 1.16. The summed E-state index contributed by atoms with van der Waals surface area (Å²) in [5, 5.41) is 19.4. The molecule has 0 unspecified atom stereocenters. The van der Waals surface area contributed by atoms with Gasteiger partial charge < -0.3 is 20.0 Å². The first-order chi connectivity index (χ1) is 18.2. The highest BCUT2D eigenvalue weighted by Crippen LogP contribution is 2.26. The fourth-order valence-corrected chi connectivity index (χ4v) is 3.61. The number of hydrogen-bond donors (Lipinski definition) is 1. The van der Waals surface area contributed by atoms with Gasteiger partial charge in [0.15, 0.2) is 5.82 Å². The third-order valence-electron chi connectivity index (χ3n) is 5.73. The molecule has 9 nitrogen and oxygen atoms in total. The maximum Gasteiger partial charge on any atom is 0.342 e. The van der Waals surface area contributed by atoms with E-state index in [4.69, 9.17) is 9.84 Å². The van der Waals surface area contributed by atoms with E-state index in [9.17, 15) is 24.1 Å². The Kier molecular flexibility index (Phi) is 9.42. The van der Waals surface area contributed by atoms with Crippen molar-refractivity contribution in [2.75, 3.05) is 6.61 Å². The standard InChI is InChI=1S/C21H20FN3O4.C7H6O2/c1-14(17-8-9-18(19(22)12-17)16-6-4-3-5-7-16)21(26)29-11-10-24-15(2)23-13-20(24)25(27)28;8-7(9)6-4-2-1-3-5-6/h3-9,12-14H,10-11H2,1-2H3;1-5H,(H,8,9)/t14-;/m0./s1. The molecule has 1 N–H and O–H groups in total. The van der Waals surface area contributed by atoms with E-state index in [0.29, 0.717) is 22.5 Å². The molecule has 0 saturated carbocycles. The quantitative estimate of drug-likeness (QED) is 0.181. The van der Waals surface area contributed by atoms with E-state index in [2.05, 4.69) is 4.98 Å². The van der Waals surface area contributed by atoms with Crippen molar-refractivity contribution < 1.29 is 28.7 Å². The van der Waals surface area contributed by atoms with Crippen molar-refractivity contribution in [3.8, 4) is 11.1 Å². The van der Waals surface area contributed by atoms with Gasteiger partial charge in [0, 0.05) is 12.5 Å². The van der Waals surface area contributed by atoms with Gasteiger partial charge in [0.25, 0.3) is 0 Å². The Balaban J connectivity index is 0.000000375. The van der Waals surface area contributed by atoms with Crippen LogP contribution in [0.3, 0.4) is 0 Å². The Bertz CT molecular complexity index is 1410. The predicted octanol–water partition coefficient (Wildman–Crippen LogP) is 5.64. The van der Waals surface area contributed by atoms with Crippen molar-refractivity contribution >= 4 is 17.8 Å². The number of carboxylic acid groups (broad SMARTS) is 1. The normalized spacial score (nSPS) is 11.1. The summed E-state index contributed by atoms with van der Waals surface area (Å²) < 4.78 is 21.1. The first kappa shape index (κ1) is 27.7. The molecule has 38 heavy (non-hydrogen) atoms. The summed E-state index contributed by atoms with van der Waals surface area (Å²) in [5.74, 6) is -2.20. The number of carbonyl (C=O) groups is 2. The lowest BCUT2D eigenvalue weighted by atomic mass is 9.97. The van der Waals surface area contributed by atoms with Gasteiger partial charge in [-0.2, -0.15) is 0 Å². The highest BCUT2D eigenvalue weighted by atomic mass is 19.1. The maximum atomic E-state index is 14.5. The Morgan fingerprint density at radius 2 is 1.71 bits per heavy atom. The fraction of sp³-hybridized carbons (Fsp3) is 0.179. The predicted molar refractivity (Wildman–Crippen MR) is 138 cm³/mol. The van der Waals surface area contributed by atoms with Crippen LogP contribution in [0.1, 0.15) is 34.6 Å². The van der Waals surface area contributed by atoms with Gasteiger partial charge in [-0.3, -0.25) is 4.79 Å². The minimum atomic E-state index is -0.879. The summed E-state index contributed by atoms with van der Waals surface area (Å²) >= 11 is 0. The van der Waals surface area contributed by atoms with E-state index in [-0.39, 0.29) is 19.0 Å². The van der Waals surface area contributed by atoms with Crippen molar-refractivity contribution in [2.45, 2.75) is 26.3 Å². The summed E-state index contributed by atoms with van der Waals surface area (Å²) in [6.45, 7) is 3.33. The van der Waals surface area contributed by atoms with Crippen molar-refractivity contribution in [1.29, 1.82) is 0 Å². The van der Waals surface area contributed by atoms with Gasteiger partial charge in [-0.1, -0.05) is 60.7 Å². The van der Waals surface area contributed by atoms with E-state index in [1.165, 1.54) is 10.6 Å². The second kappa shape index (κ2) is 12.9. The van der Waals surface area contributed by atoms with Gasteiger partial charge in [0.2, 0.25) is 0 Å².